The van der Waals surface area contributed by atoms with E-state index >= 15 is 0 Å². The molecule has 0 aliphatic carbocycles. The van der Waals surface area contributed by atoms with E-state index in [1.54, 1.807) is 11.3 Å². The minimum absolute atomic E-state index is 0.547. The average molecular weight is 295 g/mol. The van der Waals surface area contributed by atoms with Gasteiger partial charge in [0.2, 0.25) is 0 Å². The van der Waals surface area contributed by atoms with E-state index in [0.29, 0.717) is 11.6 Å². The molecule has 2 heterocycles. The smallest absolute Gasteiger partial charge is 0.172 e. The van der Waals surface area contributed by atoms with Crippen molar-refractivity contribution in [3.05, 3.63) is 52.9 Å². The van der Waals surface area contributed by atoms with Crippen molar-refractivity contribution in [1.82, 2.24) is 9.97 Å². The van der Waals surface area contributed by atoms with Crippen LogP contribution in [0.25, 0.3) is 22.0 Å². The van der Waals surface area contributed by atoms with Crippen LogP contribution in [0.2, 0.25) is 0 Å². The molecule has 106 valence electrons. The highest BCUT2D eigenvalue weighted by atomic mass is 32.1. The predicted octanol–water partition coefficient (Wildman–Crippen LogP) is 4.33. The first-order chi connectivity index (χ1) is 10.2. The molecule has 0 unspecified atom stereocenters. The van der Waals surface area contributed by atoms with Crippen LogP contribution in [0.5, 0.6) is 0 Å². The summed E-state index contributed by atoms with van der Waals surface area (Å²) >= 11 is 1.72. The molecule has 0 radical (unpaired) electrons. The predicted molar refractivity (Wildman–Crippen MR) is 89.3 cm³/mol. The Morgan fingerprint density at radius 2 is 1.81 bits per heavy atom. The normalized spacial score (nSPS) is 10.8. The molecule has 0 aliphatic rings. The lowest BCUT2D eigenvalue weighted by atomic mass is 10.1. The Morgan fingerprint density at radius 3 is 2.48 bits per heavy atom. The maximum atomic E-state index is 6.09. The number of benzene rings is 1. The second-order valence-corrected chi connectivity index (χ2v) is 6.06. The number of thiophene rings is 1. The Kier molecular flexibility index (Phi) is 3.71. The Bertz CT molecular complexity index is 763. The SMILES string of the molecule is CCc1ccc(-c2nc(N)c(C)c(-c3ccccc3)n2)s1. The lowest BCUT2D eigenvalue weighted by molar-refractivity contribution is 1.16. The molecule has 0 aliphatic heterocycles. The lowest BCUT2D eigenvalue weighted by Gasteiger charge is -2.09. The third-order valence-electron chi connectivity index (χ3n) is 3.46. The zero-order valence-electron chi connectivity index (χ0n) is 12.1. The van der Waals surface area contributed by atoms with Crippen LogP contribution >= 0.6 is 11.3 Å². The molecule has 0 fully saturated rings. The number of nitrogens with zero attached hydrogens (tertiary/aromatic N) is 2. The molecule has 0 spiro atoms. The van der Waals surface area contributed by atoms with E-state index in [1.165, 1.54) is 4.88 Å². The van der Waals surface area contributed by atoms with Gasteiger partial charge in [0.05, 0.1) is 10.6 Å². The maximum Gasteiger partial charge on any atom is 0.172 e. The highest BCUT2D eigenvalue weighted by Gasteiger charge is 2.13. The van der Waals surface area contributed by atoms with Gasteiger partial charge in [-0.2, -0.15) is 0 Å². The van der Waals surface area contributed by atoms with E-state index in [1.807, 2.05) is 37.3 Å². The van der Waals surface area contributed by atoms with Crippen LogP contribution in [0, 0.1) is 6.92 Å². The highest BCUT2D eigenvalue weighted by molar-refractivity contribution is 7.15. The summed E-state index contributed by atoms with van der Waals surface area (Å²) in [5, 5.41) is 0. The van der Waals surface area contributed by atoms with Gasteiger partial charge in [-0.1, -0.05) is 37.3 Å². The molecular formula is C17H17N3S. The van der Waals surface area contributed by atoms with Crippen molar-refractivity contribution in [2.24, 2.45) is 0 Å². The Labute approximate surface area is 128 Å². The topological polar surface area (TPSA) is 51.8 Å². The van der Waals surface area contributed by atoms with Crippen molar-refractivity contribution in [1.29, 1.82) is 0 Å². The molecule has 21 heavy (non-hydrogen) atoms. The van der Waals surface area contributed by atoms with Gasteiger partial charge in [0.25, 0.3) is 0 Å². The number of nitrogens with two attached hydrogens (primary N) is 1. The molecule has 3 nitrogen and oxygen atoms in total. The molecule has 3 aromatic rings. The van der Waals surface area contributed by atoms with E-state index in [-0.39, 0.29) is 0 Å². The summed E-state index contributed by atoms with van der Waals surface area (Å²) in [7, 11) is 0. The molecule has 0 saturated heterocycles. The van der Waals surface area contributed by atoms with Crippen molar-refractivity contribution in [2.75, 3.05) is 5.73 Å². The Hall–Kier alpha value is -2.20. The monoisotopic (exact) mass is 295 g/mol. The van der Waals surface area contributed by atoms with Crippen molar-refractivity contribution in [3.63, 3.8) is 0 Å². The van der Waals surface area contributed by atoms with Gasteiger partial charge in [-0.15, -0.1) is 11.3 Å². The van der Waals surface area contributed by atoms with Gasteiger partial charge >= 0.3 is 0 Å². The first-order valence-electron chi connectivity index (χ1n) is 6.97. The van der Waals surface area contributed by atoms with Gasteiger partial charge in [-0.3, -0.25) is 0 Å². The molecule has 0 saturated carbocycles. The van der Waals surface area contributed by atoms with Gasteiger partial charge in [-0.25, -0.2) is 9.97 Å². The molecule has 0 atom stereocenters. The van der Waals surface area contributed by atoms with E-state index in [9.17, 15) is 0 Å². The number of hydrogen-bond acceptors (Lipinski definition) is 4. The summed E-state index contributed by atoms with van der Waals surface area (Å²) < 4.78 is 0. The zero-order valence-corrected chi connectivity index (χ0v) is 12.9. The minimum atomic E-state index is 0.547. The first kappa shape index (κ1) is 13.8. The number of nitrogen functional groups attached to an aromatic ring is 1. The molecule has 0 amide bonds. The number of rotatable bonds is 3. The Balaban J connectivity index is 2.14. The van der Waals surface area contributed by atoms with Crippen LogP contribution in [0.1, 0.15) is 17.4 Å². The third-order valence-corrected chi connectivity index (χ3v) is 4.69. The van der Waals surface area contributed by atoms with Crippen molar-refractivity contribution in [2.45, 2.75) is 20.3 Å². The van der Waals surface area contributed by atoms with Crippen LogP contribution in [0.3, 0.4) is 0 Å². The van der Waals surface area contributed by atoms with Gasteiger partial charge in [-0.05, 0) is 25.5 Å². The second kappa shape index (κ2) is 5.66. The summed E-state index contributed by atoms with van der Waals surface area (Å²) in [4.78, 5) is 11.6. The molecule has 0 bridgehead atoms. The zero-order chi connectivity index (χ0) is 14.8. The summed E-state index contributed by atoms with van der Waals surface area (Å²) in [6.07, 6.45) is 1.03. The van der Waals surface area contributed by atoms with Crippen molar-refractivity contribution >= 4 is 17.2 Å². The average Bonchev–Trinajstić information content (AvgIpc) is 3.00. The molecule has 1 aromatic carbocycles. The van der Waals surface area contributed by atoms with Gasteiger partial charge in [0, 0.05) is 16.0 Å². The van der Waals surface area contributed by atoms with Crippen LogP contribution in [-0.2, 0) is 6.42 Å². The van der Waals surface area contributed by atoms with Crippen LogP contribution in [0.15, 0.2) is 42.5 Å². The second-order valence-electron chi connectivity index (χ2n) is 4.89. The van der Waals surface area contributed by atoms with E-state index < -0.39 is 0 Å². The number of anilines is 1. The summed E-state index contributed by atoms with van der Waals surface area (Å²) in [5.74, 6) is 1.26. The maximum absolute atomic E-state index is 6.09. The molecule has 2 aromatic heterocycles. The van der Waals surface area contributed by atoms with Crippen molar-refractivity contribution < 1.29 is 0 Å². The van der Waals surface area contributed by atoms with Gasteiger partial charge in [0.15, 0.2) is 5.82 Å². The fourth-order valence-corrected chi connectivity index (χ4v) is 3.09. The first-order valence-corrected chi connectivity index (χ1v) is 7.79. The summed E-state index contributed by atoms with van der Waals surface area (Å²) in [6.45, 7) is 4.11. The van der Waals surface area contributed by atoms with E-state index in [2.05, 4.69) is 24.0 Å². The number of hydrogen-bond donors (Lipinski definition) is 1. The van der Waals surface area contributed by atoms with E-state index in [0.717, 1.165) is 28.1 Å². The van der Waals surface area contributed by atoms with Gasteiger partial charge < -0.3 is 5.73 Å². The van der Waals surface area contributed by atoms with E-state index in [4.69, 9.17) is 10.7 Å². The highest BCUT2D eigenvalue weighted by Crippen LogP contribution is 2.31. The Morgan fingerprint density at radius 1 is 1.05 bits per heavy atom. The standard InChI is InChI=1S/C17H17N3S/c1-3-13-9-10-14(21-13)17-19-15(11(2)16(18)20-17)12-7-5-4-6-8-12/h4-10H,3H2,1-2H3,(H2,18,19,20). The molecule has 4 heteroatoms. The van der Waals surface area contributed by atoms with Gasteiger partial charge in [0.1, 0.15) is 5.82 Å². The third kappa shape index (κ3) is 2.67. The number of aryl methyl sites for hydroxylation is 1. The molecular weight excluding hydrogens is 278 g/mol. The lowest BCUT2D eigenvalue weighted by Crippen LogP contribution is -2.01. The molecule has 2 N–H and O–H groups in total. The van der Waals surface area contributed by atoms with Crippen LogP contribution in [-0.4, -0.2) is 9.97 Å². The van der Waals surface area contributed by atoms with Crippen molar-refractivity contribution in [3.8, 4) is 22.0 Å². The minimum Gasteiger partial charge on any atom is -0.383 e. The quantitative estimate of drug-likeness (QED) is 0.782. The fraction of sp³-hybridized carbons (Fsp3) is 0.176. The van der Waals surface area contributed by atoms with Crippen LogP contribution in [0.4, 0.5) is 5.82 Å². The molecule has 3 rings (SSSR count). The largest absolute Gasteiger partial charge is 0.383 e. The van der Waals surface area contributed by atoms with Crippen LogP contribution < -0.4 is 5.73 Å². The summed E-state index contributed by atoms with van der Waals surface area (Å²) in [5.41, 5.74) is 8.99. The number of aromatic nitrogens is 2. The summed E-state index contributed by atoms with van der Waals surface area (Å²) in [6, 6.07) is 14.3. The fourth-order valence-electron chi connectivity index (χ4n) is 2.21.